The molecule has 0 spiro atoms. The Morgan fingerprint density at radius 1 is 1.18 bits per heavy atom. The number of pyridine rings is 1. The van der Waals surface area contributed by atoms with Gasteiger partial charge in [-0.15, -0.1) is 0 Å². The zero-order valence-corrected chi connectivity index (χ0v) is 13.0. The molecular formula is C18H23N3O. The van der Waals surface area contributed by atoms with Crippen molar-refractivity contribution >= 4 is 11.5 Å². The quantitative estimate of drug-likeness (QED) is 0.917. The summed E-state index contributed by atoms with van der Waals surface area (Å²) in [6, 6.07) is 14.5. The molecule has 0 unspecified atom stereocenters. The predicted molar refractivity (Wildman–Crippen MR) is 90.7 cm³/mol. The molecule has 1 aliphatic heterocycles. The van der Waals surface area contributed by atoms with Crippen molar-refractivity contribution in [3.8, 4) is 5.75 Å². The molecule has 0 atom stereocenters. The molecule has 0 bridgehead atoms. The molecule has 3 rings (SSSR count). The smallest absolute Gasteiger partial charge is 0.129 e. The molecule has 0 saturated carbocycles. The van der Waals surface area contributed by atoms with Crippen molar-refractivity contribution in [3.05, 3.63) is 48.7 Å². The minimum absolute atomic E-state index is 0.702. The molecule has 1 fully saturated rings. The van der Waals surface area contributed by atoms with E-state index in [0.717, 1.165) is 31.2 Å². The van der Waals surface area contributed by atoms with Gasteiger partial charge in [0.25, 0.3) is 0 Å². The van der Waals surface area contributed by atoms with E-state index in [2.05, 4.69) is 45.5 Å². The van der Waals surface area contributed by atoms with Crippen LogP contribution in [0.4, 0.5) is 11.5 Å². The highest BCUT2D eigenvalue weighted by Crippen LogP contribution is 2.23. The van der Waals surface area contributed by atoms with Crippen LogP contribution in [0.15, 0.2) is 48.7 Å². The Morgan fingerprint density at radius 3 is 2.68 bits per heavy atom. The summed E-state index contributed by atoms with van der Waals surface area (Å²) in [5.41, 5.74) is 1.34. The number of ether oxygens (including phenoxy) is 1. The van der Waals surface area contributed by atoms with Crippen molar-refractivity contribution in [2.45, 2.75) is 12.8 Å². The second-order valence-corrected chi connectivity index (χ2v) is 5.73. The number of rotatable bonds is 5. The van der Waals surface area contributed by atoms with Crippen molar-refractivity contribution < 1.29 is 4.74 Å². The molecule has 22 heavy (non-hydrogen) atoms. The second-order valence-electron chi connectivity index (χ2n) is 5.73. The Bertz CT molecular complexity index is 580. The Labute approximate surface area is 132 Å². The normalized spacial score (nSPS) is 15.6. The number of nitrogens with zero attached hydrogens (tertiary/aromatic N) is 2. The Kier molecular flexibility index (Phi) is 4.78. The first-order valence-electron chi connectivity index (χ1n) is 7.89. The van der Waals surface area contributed by atoms with Crippen LogP contribution in [-0.2, 0) is 0 Å². The Morgan fingerprint density at radius 2 is 1.95 bits per heavy atom. The highest BCUT2D eigenvalue weighted by Gasteiger charge is 2.19. The van der Waals surface area contributed by atoms with E-state index < -0.39 is 0 Å². The van der Waals surface area contributed by atoms with Crippen LogP contribution in [0.25, 0.3) is 0 Å². The van der Waals surface area contributed by atoms with Crippen LogP contribution in [0.2, 0.25) is 0 Å². The standard InChI is InChI=1S/C18H23N3O/c1-22-17-7-10-19-18(13-17)20-14-15-8-11-21(12-9-15)16-5-3-2-4-6-16/h2-7,10,13,15H,8-9,11-12,14H2,1H3,(H,19,20). The lowest BCUT2D eigenvalue weighted by Crippen LogP contribution is -2.35. The molecule has 1 saturated heterocycles. The molecular weight excluding hydrogens is 274 g/mol. The van der Waals surface area contributed by atoms with E-state index >= 15 is 0 Å². The van der Waals surface area contributed by atoms with E-state index in [1.54, 1.807) is 13.3 Å². The predicted octanol–water partition coefficient (Wildman–Crippen LogP) is 3.42. The van der Waals surface area contributed by atoms with Crippen molar-refractivity contribution in [1.82, 2.24) is 4.98 Å². The molecule has 1 aromatic carbocycles. The number of hydrogen-bond donors (Lipinski definition) is 1. The number of methoxy groups -OCH3 is 1. The van der Waals surface area contributed by atoms with E-state index in [1.165, 1.54) is 18.5 Å². The lowest BCUT2D eigenvalue weighted by atomic mass is 9.96. The molecule has 4 heteroatoms. The van der Waals surface area contributed by atoms with Gasteiger partial charge in [0.05, 0.1) is 7.11 Å². The third kappa shape index (κ3) is 3.70. The fourth-order valence-electron chi connectivity index (χ4n) is 2.92. The molecule has 0 amide bonds. The van der Waals surface area contributed by atoms with Crippen LogP contribution in [0.5, 0.6) is 5.75 Å². The summed E-state index contributed by atoms with van der Waals surface area (Å²) in [5, 5.41) is 3.43. The maximum atomic E-state index is 5.22. The van der Waals surface area contributed by atoms with Crippen LogP contribution in [-0.4, -0.2) is 31.7 Å². The Balaban J connectivity index is 1.48. The van der Waals surface area contributed by atoms with E-state index in [0.29, 0.717) is 5.92 Å². The van der Waals surface area contributed by atoms with Gasteiger partial charge in [-0.05, 0) is 37.0 Å². The molecule has 4 nitrogen and oxygen atoms in total. The zero-order chi connectivity index (χ0) is 15.2. The van der Waals surface area contributed by atoms with E-state index in [-0.39, 0.29) is 0 Å². The third-order valence-corrected chi connectivity index (χ3v) is 4.27. The summed E-state index contributed by atoms with van der Waals surface area (Å²) < 4.78 is 5.22. The van der Waals surface area contributed by atoms with Crippen molar-refractivity contribution in [3.63, 3.8) is 0 Å². The molecule has 116 valence electrons. The minimum atomic E-state index is 0.702. The number of hydrogen-bond acceptors (Lipinski definition) is 4. The molecule has 0 radical (unpaired) electrons. The highest BCUT2D eigenvalue weighted by atomic mass is 16.5. The second kappa shape index (κ2) is 7.16. The number of piperidine rings is 1. The maximum absolute atomic E-state index is 5.22. The van der Waals surface area contributed by atoms with Gasteiger partial charge >= 0.3 is 0 Å². The summed E-state index contributed by atoms with van der Waals surface area (Å²) in [6.45, 7) is 3.23. The van der Waals surface area contributed by atoms with E-state index in [1.807, 2.05) is 12.1 Å². The number of nitrogens with one attached hydrogen (secondary N) is 1. The first kappa shape index (κ1) is 14.7. The van der Waals surface area contributed by atoms with Gasteiger partial charge in [0, 0.05) is 37.6 Å². The number of para-hydroxylation sites is 1. The van der Waals surface area contributed by atoms with Gasteiger partial charge in [-0.3, -0.25) is 0 Å². The van der Waals surface area contributed by atoms with Crippen LogP contribution in [0.3, 0.4) is 0 Å². The largest absolute Gasteiger partial charge is 0.497 e. The van der Waals surface area contributed by atoms with E-state index in [4.69, 9.17) is 4.74 Å². The third-order valence-electron chi connectivity index (χ3n) is 4.27. The fraction of sp³-hybridized carbons (Fsp3) is 0.389. The van der Waals surface area contributed by atoms with E-state index in [9.17, 15) is 0 Å². The molecule has 1 N–H and O–H groups in total. The highest BCUT2D eigenvalue weighted by molar-refractivity contribution is 5.46. The summed E-state index contributed by atoms with van der Waals surface area (Å²) in [5.74, 6) is 2.44. The monoisotopic (exact) mass is 297 g/mol. The van der Waals surface area contributed by atoms with Gasteiger partial charge < -0.3 is 15.0 Å². The van der Waals surface area contributed by atoms with Crippen molar-refractivity contribution in [2.75, 3.05) is 37.0 Å². The molecule has 1 aliphatic rings. The number of aromatic nitrogens is 1. The van der Waals surface area contributed by atoms with Gasteiger partial charge in [0.1, 0.15) is 11.6 Å². The van der Waals surface area contributed by atoms with Gasteiger partial charge in [-0.25, -0.2) is 4.98 Å². The SMILES string of the molecule is COc1ccnc(NCC2CCN(c3ccccc3)CC2)c1. The summed E-state index contributed by atoms with van der Waals surface area (Å²) in [6.07, 6.45) is 4.21. The van der Waals surface area contributed by atoms with Crippen LogP contribution < -0.4 is 15.0 Å². The number of anilines is 2. The average Bonchev–Trinajstić information content (AvgIpc) is 2.61. The van der Waals surface area contributed by atoms with Gasteiger partial charge in [0.15, 0.2) is 0 Å². The first-order valence-corrected chi connectivity index (χ1v) is 7.89. The van der Waals surface area contributed by atoms with Crippen LogP contribution in [0, 0.1) is 5.92 Å². The van der Waals surface area contributed by atoms with Gasteiger partial charge in [-0.1, -0.05) is 18.2 Å². The minimum Gasteiger partial charge on any atom is -0.497 e. The maximum Gasteiger partial charge on any atom is 0.129 e. The zero-order valence-electron chi connectivity index (χ0n) is 13.0. The molecule has 0 aliphatic carbocycles. The first-order chi connectivity index (χ1) is 10.8. The van der Waals surface area contributed by atoms with Gasteiger partial charge in [-0.2, -0.15) is 0 Å². The fourth-order valence-corrected chi connectivity index (χ4v) is 2.92. The number of benzene rings is 1. The molecule has 1 aromatic heterocycles. The van der Waals surface area contributed by atoms with Crippen molar-refractivity contribution in [1.29, 1.82) is 0 Å². The van der Waals surface area contributed by atoms with Crippen LogP contribution in [0.1, 0.15) is 12.8 Å². The topological polar surface area (TPSA) is 37.4 Å². The van der Waals surface area contributed by atoms with Gasteiger partial charge in [0.2, 0.25) is 0 Å². The Hall–Kier alpha value is -2.23. The van der Waals surface area contributed by atoms with Crippen LogP contribution >= 0.6 is 0 Å². The molecule has 2 heterocycles. The average molecular weight is 297 g/mol. The molecule has 2 aromatic rings. The lowest BCUT2D eigenvalue weighted by molar-refractivity contribution is 0.413. The summed E-state index contributed by atoms with van der Waals surface area (Å²) in [4.78, 5) is 6.81. The van der Waals surface area contributed by atoms with Crippen molar-refractivity contribution in [2.24, 2.45) is 5.92 Å². The summed E-state index contributed by atoms with van der Waals surface area (Å²) >= 11 is 0. The lowest BCUT2D eigenvalue weighted by Gasteiger charge is -2.33. The summed E-state index contributed by atoms with van der Waals surface area (Å²) in [7, 11) is 1.68.